The molecular weight excluding hydrogens is 522 g/mol. The van der Waals surface area contributed by atoms with E-state index in [1.807, 2.05) is 19.1 Å². The Labute approximate surface area is 259 Å². The smallest absolute Gasteiger partial charge is 0.0998 e. The molecule has 0 aliphatic carbocycles. The fraction of sp³-hybridized carbons (Fsp3) is 0.350. The van der Waals surface area contributed by atoms with Crippen LogP contribution in [0.1, 0.15) is 95.5 Å². The van der Waals surface area contributed by atoms with Crippen LogP contribution in [0.25, 0.3) is 11.1 Å². The summed E-state index contributed by atoms with van der Waals surface area (Å²) in [6.07, 6.45) is 8.95. The molecule has 220 valence electrons. The maximum Gasteiger partial charge on any atom is 0.0998 e. The largest absolute Gasteiger partial charge is 0.310 e. The standard InChI is InChI=1S/C40H45N3/c1-8-9-10-11-12-13-14-33-15-17-36(18-16-33)43(37-20-27(2)32(7)28(3)21-37)38-22-30(5)40(31(6)23-38)39-24-34(25-41)29(4)19-35(39)26-42/h15-24H,8-14H2,1-7H3. The van der Waals surface area contributed by atoms with Crippen molar-refractivity contribution < 1.29 is 0 Å². The van der Waals surface area contributed by atoms with Crippen LogP contribution in [0, 0.1) is 64.2 Å². The molecule has 0 atom stereocenters. The number of anilines is 3. The Morgan fingerprint density at radius 1 is 0.558 bits per heavy atom. The van der Waals surface area contributed by atoms with Crippen molar-refractivity contribution in [1.82, 2.24) is 0 Å². The van der Waals surface area contributed by atoms with Gasteiger partial charge in [-0.15, -0.1) is 0 Å². The highest BCUT2D eigenvalue weighted by atomic mass is 15.1. The van der Waals surface area contributed by atoms with Crippen molar-refractivity contribution in [3.05, 3.63) is 111 Å². The molecule has 0 aliphatic rings. The zero-order valence-electron chi connectivity index (χ0n) is 27.1. The van der Waals surface area contributed by atoms with Gasteiger partial charge in [-0.2, -0.15) is 10.5 Å². The van der Waals surface area contributed by atoms with Crippen molar-refractivity contribution in [2.75, 3.05) is 4.90 Å². The molecule has 0 bridgehead atoms. The van der Waals surface area contributed by atoms with E-state index in [9.17, 15) is 10.5 Å². The molecule has 4 rings (SSSR count). The molecule has 0 unspecified atom stereocenters. The molecule has 0 saturated carbocycles. The van der Waals surface area contributed by atoms with Crippen LogP contribution in [0.15, 0.2) is 60.7 Å². The van der Waals surface area contributed by atoms with Crippen molar-refractivity contribution in [1.29, 1.82) is 10.5 Å². The average molecular weight is 568 g/mol. The molecule has 0 fully saturated rings. The number of rotatable bonds is 11. The molecule has 0 saturated heterocycles. The van der Waals surface area contributed by atoms with Crippen LogP contribution in [0.4, 0.5) is 17.1 Å². The number of nitriles is 2. The van der Waals surface area contributed by atoms with E-state index in [2.05, 4.69) is 107 Å². The van der Waals surface area contributed by atoms with Gasteiger partial charge in [0.15, 0.2) is 0 Å². The fourth-order valence-electron chi connectivity index (χ4n) is 6.13. The fourth-order valence-corrected chi connectivity index (χ4v) is 6.13. The van der Waals surface area contributed by atoms with Crippen molar-refractivity contribution in [2.45, 2.75) is 93.4 Å². The van der Waals surface area contributed by atoms with Gasteiger partial charge in [0, 0.05) is 22.6 Å². The molecule has 3 heteroatoms. The molecule has 0 amide bonds. The topological polar surface area (TPSA) is 50.8 Å². The Bertz CT molecular complexity index is 1630. The van der Waals surface area contributed by atoms with Gasteiger partial charge in [-0.1, -0.05) is 51.2 Å². The minimum Gasteiger partial charge on any atom is -0.310 e. The highest BCUT2D eigenvalue weighted by Gasteiger charge is 2.19. The minimum absolute atomic E-state index is 0.595. The van der Waals surface area contributed by atoms with Crippen LogP contribution in [-0.4, -0.2) is 0 Å². The van der Waals surface area contributed by atoms with Gasteiger partial charge in [0.25, 0.3) is 0 Å². The minimum atomic E-state index is 0.595. The van der Waals surface area contributed by atoms with E-state index in [-0.39, 0.29) is 0 Å². The van der Waals surface area contributed by atoms with E-state index in [4.69, 9.17) is 0 Å². The van der Waals surface area contributed by atoms with Gasteiger partial charge in [0.1, 0.15) is 0 Å². The number of nitrogens with zero attached hydrogens (tertiary/aromatic N) is 3. The first-order chi connectivity index (χ1) is 20.7. The Morgan fingerprint density at radius 3 is 1.65 bits per heavy atom. The summed E-state index contributed by atoms with van der Waals surface area (Å²) in [5.74, 6) is 0. The van der Waals surface area contributed by atoms with Gasteiger partial charge in [-0.05, 0) is 147 Å². The third-order valence-electron chi connectivity index (χ3n) is 8.83. The van der Waals surface area contributed by atoms with Crippen LogP contribution in [-0.2, 0) is 6.42 Å². The van der Waals surface area contributed by atoms with Gasteiger partial charge in [0.2, 0.25) is 0 Å². The lowest BCUT2D eigenvalue weighted by Crippen LogP contribution is -2.12. The summed E-state index contributed by atoms with van der Waals surface area (Å²) < 4.78 is 0. The number of aryl methyl sites for hydroxylation is 6. The van der Waals surface area contributed by atoms with Gasteiger partial charge < -0.3 is 4.90 Å². The number of hydrogen-bond acceptors (Lipinski definition) is 3. The Hall–Kier alpha value is -4.34. The maximum atomic E-state index is 9.95. The van der Waals surface area contributed by atoms with Crippen LogP contribution in [0.3, 0.4) is 0 Å². The molecule has 3 nitrogen and oxygen atoms in total. The summed E-state index contributed by atoms with van der Waals surface area (Å²) in [5.41, 5.74) is 14.6. The van der Waals surface area contributed by atoms with Crippen molar-refractivity contribution in [2.24, 2.45) is 0 Å². The summed E-state index contributed by atoms with van der Waals surface area (Å²) in [6, 6.07) is 26.4. The van der Waals surface area contributed by atoms with Crippen LogP contribution >= 0.6 is 0 Å². The summed E-state index contributed by atoms with van der Waals surface area (Å²) in [7, 11) is 0. The summed E-state index contributed by atoms with van der Waals surface area (Å²) in [4.78, 5) is 2.35. The molecule has 0 aromatic heterocycles. The van der Waals surface area contributed by atoms with E-state index in [0.29, 0.717) is 11.1 Å². The second kappa shape index (κ2) is 14.2. The molecule has 0 radical (unpaired) electrons. The highest BCUT2D eigenvalue weighted by molar-refractivity contribution is 5.84. The SMILES string of the molecule is CCCCCCCCc1ccc(N(c2cc(C)c(C)c(C)c2)c2cc(C)c(-c3cc(C#N)c(C)cc3C#N)c(C)c2)cc1. The van der Waals surface area contributed by atoms with Gasteiger partial charge in [0.05, 0.1) is 23.3 Å². The predicted molar refractivity (Wildman–Crippen MR) is 181 cm³/mol. The average Bonchev–Trinajstić information content (AvgIpc) is 2.98. The molecule has 4 aromatic rings. The first-order valence-corrected chi connectivity index (χ1v) is 15.7. The van der Waals surface area contributed by atoms with Gasteiger partial charge >= 0.3 is 0 Å². The highest BCUT2D eigenvalue weighted by Crippen LogP contribution is 2.41. The lowest BCUT2D eigenvalue weighted by atomic mass is 9.89. The third kappa shape index (κ3) is 7.18. The molecule has 0 spiro atoms. The lowest BCUT2D eigenvalue weighted by Gasteiger charge is -2.28. The predicted octanol–water partition coefficient (Wildman–Crippen LogP) is 11.3. The molecule has 0 aliphatic heterocycles. The second-order valence-corrected chi connectivity index (χ2v) is 12.1. The summed E-state index contributed by atoms with van der Waals surface area (Å²) in [5, 5.41) is 19.6. The molecular formula is C40H45N3. The number of unbranched alkanes of at least 4 members (excludes halogenated alkanes) is 5. The Balaban J connectivity index is 1.76. The second-order valence-electron chi connectivity index (χ2n) is 12.1. The van der Waals surface area contributed by atoms with E-state index in [0.717, 1.165) is 51.3 Å². The zero-order chi connectivity index (χ0) is 31.1. The maximum absolute atomic E-state index is 9.95. The number of hydrogen-bond donors (Lipinski definition) is 0. The molecule has 4 aromatic carbocycles. The molecule has 0 heterocycles. The number of benzene rings is 4. The van der Waals surface area contributed by atoms with Crippen molar-refractivity contribution >= 4 is 17.1 Å². The van der Waals surface area contributed by atoms with E-state index < -0.39 is 0 Å². The monoisotopic (exact) mass is 567 g/mol. The van der Waals surface area contributed by atoms with Gasteiger partial charge in [-0.25, -0.2) is 0 Å². The van der Waals surface area contributed by atoms with E-state index >= 15 is 0 Å². The zero-order valence-corrected chi connectivity index (χ0v) is 27.1. The lowest BCUT2D eigenvalue weighted by molar-refractivity contribution is 0.607. The van der Waals surface area contributed by atoms with Crippen molar-refractivity contribution in [3.63, 3.8) is 0 Å². The summed E-state index contributed by atoms with van der Waals surface area (Å²) in [6.45, 7) is 14.9. The quantitative estimate of drug-likeness (QED) is 0.169. The molecule has 43 heavy (non-hydrogen) atoms. The Kier molecular flexibility index (Phi) is 10.4. The normalized spacial score (nSPS) is 10.8. The summed E-state index contributed by atoms with van der Waals surface area (Å²) >= 11 is 0. The van der Waals surface area contributed by atoms with Crippen LogP contribution in [0.5, 0.6) is 0 Å². The van der Waals surface area contributed by atoms with E-state index in [1.54, 1.807) is 0 Å². The van der Waals surface area contributed by atoms with Crippen LogP contribution < -0.4 is 4.90 Å². The first kappa shape index (κ1) is 31.6. The molecule has 0 N–H and O–H groups in total. The van der Waals surface area contributed by atoms with Crippen molar-refractivity contribution in [3.8, 4) is 23.3 Å². The van der Waals surface area contributed by atoms with Crippen LogP contribution in [0.2, 0.25) is 0 Å². The Morgan fingerprint density at radius 2 is 1.09 bits per heavy atom. The van der Waals surface area contributed by atoms with E-state index in [1.165, 1.54) is 60.8 Å². The van der Waals surface area contributed by atoms with Gasteiger partial charge in [-0.3, -0.25) is 0 Å². The first-order valence-electron chi connectivity index (χ1n) is 15.7. The third-order valence-corrected chi connectivity index (χ3v) is 8.83.